The molecule has 0 saturated carbocycles. The van der Waals surface area contributed by atoms with Crippen LogP contribution in [0.1, 0.15) is 31.7 Å². The van der Waals surface area contributed by atoms with E-state index in [1.54, 1.807) is 47.8 Å². The molecule has 3 aliphatic rings. The minimum atomic E-state index is -4.29. The number of likely N-dealkylation sites (tertiary alicyclic amines) is 1. The maximum atomic E-state index is 13.3. The lowest BCUT2D eigenvalue weighted by atomic mass is 10.0. The van der Waals surface area contributed by atoms with Gasteiger partial charge in [-0.05, 0) is 49.6 Å². The fourth-order valence-corrected chi connectivity index (χ4v) is 11.8. The Morgan fingerprint density at radius 2 is 1.80 bits per heavy atom. The van der Waals surface area contributed by atoms with Gasteiger partial charge in [0.05, 0.1) is 33.4 Å². The van der Waals surface area contributed by atoms with E-state index in [9.17, 15) is 46.2 Å². The SMILES string of the molecule is CC(N[C@@H](CCc1ccc(NC(=O)C[C@H]2Nc3cc(Cl)c(S(N)(=O)=O)cc3S(=O)(=O)N2)cc1)C(=O)O)C(=O)N1CC2(C[C@H]1C(=O)O)SCCS2. The smallest absolute Gasteiger partial charge is 0.326 e. The monoisotopic (exact) mass is 790 g/mol. The number of anilines is 2. The summed E-state index contributed by atoms with van der Waals surface area (Å²) in [6.45, 7) is 1.81. The standard InChI is InChI=1S/C29H35ClN6O10S4/c1-15(26(38)36-14-29(47-8-9-48-29)13-21(36)28(41)42)32-19(27(39)40)7-4-16-2-5-17(6-3-16)33-25(37)12-24-34-20-10-18(30)22(49(31,43)44)11-23(20)50(45,46)35-24/h2-3,5-6,10-11,15,19,21,24,32,34-35H,4,7-9,12-14H2,1H3,(H,33,37)(H,39,40)(H,41,42)(H2,31,43,44)/t15?,19-,21-,24-/m0/s1. The number of hydrogen-bond acceptors (Lipinski definition) is 12. The van der Waals surface area contributed by atoms with Gasteiger partial charge in [-0.1, -0.05) is 23.7 Å². The number of nitrogens with one attached hydrogen (secondary N) is 4. The molecule has 2 aromatic carbocycles. The van der Waals surface area contributed by atoms with Crippen molar-refractivity contribution in [3.8, 4) is 0 Å². The van der Waals surface area contributed by atoms with Gasteiger partial charge in [-0.3, -0.25) is 19.7 Å². The number of benzene rings is 2. The van der Waals surface area contributed by atoms with Crippen molar-refractivity contribution >= 4 is 90.3 Å². The van der Waals surface area contributed by atoms with Crippen LogP contribution in [0.25, 0.3) is 0 Å². The predicted molar refractivity (Wildman–Crippen MR) is 188 cm³/mol. The molecule has 4 atom stereocenters. The molecule has 0 radical (unpaired) electrons. The van der Waals surface area contributed by atoms with Gasteiger partial charge in [0.2, 0.25) is 31.9 Å². The number of carbonyl (C=O) groups excluding carboxylic acids is 2. The number of aliphatic carboxylic acids is 2. The van der Waals surface area contributed by atoms with E-state index in [-0.39, 0.29) is 34.2 Å². The zero-order valence-electron chi connectivity index (χ0n) is 26.4. The van der Waals surface area contributed by atoms with Gasteiger partial charge in [-0.25, -0.2) is 26.8 Å². The second kappa shape index (κ2) is 14.9. The fourth-order valence-electron chi connectivity index (χ4n) is 6.01. The number of hydrogen-bond donors (Lipinski definition) is 7. The summed E-state index contributed by atoms with van der Waals surface area (Å²) in [5.74, 6) is -1.51. The Bertz CT molecular complexity index is 1910. The van der Waals surface area contributed by atoms with Gasteiger partial charge in [0.25, 0.3) is 0 Å². The molecule has 0 aromatic heterocycles. The second-order valence-corrected chi connectivity index (χ2v) is 18.9. The van der Waals surface area contributed by atoms with Crippen molar-refractivity contribution in [3.63, 3.8) is 0 Å². The topological polar surface area (TPSA) is 254 Å². The highest BCUT2D eigenvalue weighted by Gasteiger charge is 2.52. The number of primary sulfonamides is 1. The number of carboxylic acids is 2. The van der Waals surface area contributed by atoms with E-state index >= 15 is 0 Å². The summed E-state index contributed by atoms with van der Waals surface area (Å²) in [6, 6.07) is 5.50. The first-order valence-corrected chi connectivity index (χ1v) is 20.6. The largest absolute Gasteiger partial charge is 0.480 e. The van der Waals surface area contributed by atoms with Crippen LogP contribution in [0.4, 0.5) is 11.4 Å². The first kappa shape index (κ1) is 38.1. The van der Waals surface area contributed by atoms with Crippen LogP contribution in [0, 0.1) is 0 Å². The Hall–Kier alpha value is -3.11. The maximum absolute atomic E-state index is 13.3. The summed E-state index contributed by atoms with van der Waals surface area (Å²) in [5, 5.41) is 32.8. The number of thioether (sulfide) groups is 2. The molecule has 0 bridgehead atoms. The van der Waals surface area contributed by atoms with Gasteiger partial charge in [0.15, 0.2) is 0 Å². The van der Waals surface area contributed by atoms with Crippen LogP contribution in [0.3, 0.4) is 0 Å². The molecule has 1 spiro atoms. The van der Waals surface area contributed by atoms with E-state index in [1.807, 2.05) is 0 Å². The lowest BCUT2D eigenvalue weighted by molar-refractivity contribution is -0.149. The third-order valence-electron chi connectivity index (χ3n) is 8.40. The van der Waals surface area contributed by atoms with E-state index < -0.39 is 77.9 Å². The van der Waals surface area contributed by atoms with Crippen LogP contribution >= 0.6 is 35.1 Å². The predicted octanol–water partition coefficient (Wildman–Crippen LogP) is 1.27. The number of aryl methyl sites for hydroxylation is 1. The van der Waals surface area contributed by atoms with Crippen molar-refractivity contribution < 1.29 is 46.2 Å². The lowest BCUT2D eigenvalue weighted by Crippen LogP contribution is -2.53. The summed E-state index contributed by atoms with van der Waals surface area (Å²) >= 11 is 9.32. The minimum Gasteiger partial charge on any atom is -0.480 e. The Labute approximate surface area is 301 Å². The van der Waals surface area contributed by atoms with Crippen LogP contribution in [-0.4, -0.2) is 102 Å². The molecule has 3 aliphatic heterocycles. The number of sulfonamides is 2. The Kier molecular flexibility index (Phi) is 11.3. The van der Waals surface area contributed by atoms with Crippen LogP contribution in [0.5, 0.6) is 0 Å². The second-order valence-electron chi connectivity index (χ2n) is 12.0. The van der Waals surface area contributed by atoms with E-state index in [0.717, 1.165) is 29.2 Å². The van der Waals surface area contributed by atoms with Gasteiger partial charge in [-0.2, -0.15) is 4.72 Å². The van der Waals surface area contributed by atoms with Crippen molar-refractivity contribution in [2.75, 3.05) is 28.7 Å². The van der Waals surface area contributed by atoms with Crippen LogP contribution in [0.2, 0.25) is 5.02 Å². The molecule has 50 heavy (non-hydrogen) atoms. The van der Waals surface area contributed by atoms with Crippen molar-refractivity contribution in [2.24, 2.45) is 5.14 Å². The number of nitrogens with two attached hydrogens (primary N) is 1. The number of carboxylic acid groups (broad SMARTS) is 2. The van der Waals surface area contributed by atoms with E-state index in [0.29, 0.717) is 18.5 Å². The number of nitrogens with zero attached hydrogens (tertiary/aromatic N) is 1. The molecule has 2 fully saturated rings. The summed E-state index contributed by atoms with van der Waals surface area (Å²) in [7, 11) is -8.52. The Morgan fingerprint density at radius 1 is 1.14 bits per heavy atom. The first-order chi connectivity index (χ1) is 23.4. The minimum absolute atomic E-state index is 0.00705. The molecule has 21 heteroatoms. The van der Waals surface area contributed by atoms with E-state index in [4.69, 9.17) is 16.7 Å². The molecular weight excluding hydrogens is 756 g/mol. The molecule has 2 saturated heterocycles. The number of rotatable bonds is 12. The molecular formula is C29H35ClN6O10S4. The zero-order valence-corrected chi connectivity index (χ0v) is 30.4. The number of halogens is 1. The van der Waals surface area contributed by atoms with Crippen molar-refractivity contribution in [3.05, 3.63) is 47.0 Å². The molecule has 272 valence electrons. The molecule has 2 amide bonds. The molecule has 8 N–H and O–H groups in total. The summed E-state index contributed by atoms with van der Waals surface area (Å²) < 4.78 is 51.0. The zero-order chi connectivity index (χ0) is 36.6. The van der Waals surface area contributed by atoms with Crippen LogP contribution < -0.4 is 25.8 Å². The van der Waals surface area contributed by atoms with Crippen molar-refractivity contribution in [1.82, 2.24) is 14.9 Å². The Morgan fingerprint density at radius 3 is 2.40 bits per heavy atom. The molecule has 16 nitrogen and oxygen atoms in total. The molecule has 2 aromatic rings. The number of fused-ring (bicyclic) bond motifs is 1. The fraction of sp³-hybridized carbons (Fsp3) is 0.448. The Balaban J connectivity index is 1.14. The summed E-state index contributed by atoms with van der Waals surface area (Å²) in [4.78, 5) is 50.5. The average molecular weight is 791 g/mol. The summed E-state index contributed by atoms with van der Waals surface area (Å²) in [6.07, 6.45) is -0.670. The van der Waals surface area contributed by atoms with E-state index in [1.165, 1.54) is 11.8 Å². The third-order valence-corrected chi connectivity index (χ3v) is 14.7. The highest BCUT2D eigenvalue weighted by molar-refractivity contribution is 8.21. The van der Waals surface area contributed by atoms with Gasteiger partial charge in [0.1, 0.15) is 21.9 Å². The highest BCUT2D eigenvalue weighted by atomic mass is 35.5. The first-order valence-electron chi connectivity index (χ1n) is 15.2. The third kappa shape index (κ3) is 8.67. The normalized spacial score (nSPS) is 21.9. The molecule has 1 unspecified atom stereocenters. The highest BCUT2D eigenvalue weighted by Crippen LogP contribution is 2.51. The van der Waals surface area contributed by atoms with Gasteiger partial charge in [0, 0.05) is 30.2 Å². The number of amides is 2. The summed E-state index contributed by atoms with van der Waals surface area (Å²) in [5.41, 5.74) is 1.12. The van der Waals surface area contributed by atoms with Crippen LogP contribution in [-0.2, 0) is 45.6 Å². The quantitative estimate of drug-likeness (QED) is 0.160. The molecule has 3 heterocycles. The van der Waals surface area contributed by atoms with Crippen molar-refractivity contribution in [2.45, 2.75) is 70.8 Å². The average Bonchev–Trinajstić information content (AvgIpc) is 3.64. The maximum Gasteiger partial charge on any atom is 0.326 e. The molecule has 0 aliphatic carbocycles. The van der Waals surface area contributed by atoms with E-state index in [2.05, 4.69) is 20.7 Å². The number of carbonyl (C=O) groups is 4. The van der Waals surface area contributed by atoms with Crippen LogP contribution in [0.15, 0.2) is 46.2 Å². The lowest BCUT2D eigenvalue weighted by Gasteiger charge is -2.28. The van der Waals surface area contributed by atoms with Crippen molar-refractivity contribution in [1.29, 1.82) is 0 Å². The van der Waals surface area contributed by atoms with Gasteiger partial charge >= 0.3 is 11.9 Å². The molecule has 5 rings (SSSR count). The van der Waals surface area contributed by atoms with Gasteiger partial charge in [-0.15, -0.1) is 23.5 Å². The van der Waals surface area contributed by atoms with Gasteiger partial charge < -0.3 is 25.7 Å².